The van der Waals surface area contributed by atoms with E-state index < -0.39 is 33.9 Å². The fraction of sp³-hybridized carbons (Fsp3) is 0.818. The predicted octanol–water partition coefficient (Wildman–Crippen LogP) is -0.363. The number of nitrogens with one attached hydrogen (secondary N) is 1. The lowest BCUT2D eigenvalue weighted by Crippen LogP contribution is -2.52. The predicted molar refractivity (Wildman–Crippen MR) is 69.0 cm³/mol. The maximum atomic E-state index is 12.0. The van der Waals surface area contributed by atoms with Crippen LogP contribution in [0.2, 0.25) is 0 Å². The molecule has 0 bridgehead atoms. The molecule has 1 aliphatic rings. The van der Waals surface area contributed by atoms with Crippen molar-refractivity contribution in [2.75, 3.05) is 19.3 Å². The van der Waals surface area contributed by atoms with E-state index >= 15 is 0 Å². The van der Waals surface area contributed by atoms with Crippen LogP contribution in [0, 0.1) is 5.92 Å². The molecule has 1 rings (SSSR count). The van der Waals surface area contributed by atoms with Crippen LogP contribution in [0.1, 0.15) is 26.2 Å². The summed E-state index contributed by atoms with van der Waals surface area (Å²) in [4.78, 5) is 22.6. The van der Waals surface area contributed by atoms with Crippen molar-refractivity contribution in [3.63, 3.8) is 0 Å². The van der Waals surface area contributed by atoms with E-state index in [-0.39, 0.29) is 6.54 Å². The van der Waals surface area contributed by atoms with E-state index in [1.165, 1.54) is 11.2 Å². The second-order valence-electron chi connectivity index (χ2n) is 4.87. The van der Waals surface area contributed by atoms with Crippen molar-refractivity contribution in [1.29, 1.82) is 0 Å². The minimum absolute atomic E-state index is 0.00225. The number of carboxylic acids is 1. The zero-order valence-electron chi connectivity index (χ0n) is 11.1. The van der Waals surface area contributed by atoms with E-state index in [1.54, 1.807) is 0 Å². The zero-order valence-corrected chi connectivity index (χ0v) is 11.9. The number of nitrogens with zero attached hydrogens (tertiary/aromatic N) is 1. The molecule has 7 nitrogen and oxygen atoms in total. The molecule has 0 radical (unpaired) electrons. The molecule has 0 spiro atoms. The first kappa shape index (κ1) is 15.9. The summed E-state index contributed by atoms with van der Waals surface area (Å²) in [5, 5.41) is 11.2. The van der Waals surface area contributed by atoms with Crippen molar-refractivity contribution in [3.8, 4) is 0 Å². The van der Waals surface area contributed by atoms with Crippen LogP contribution in [0.4, 0.5) is 0 Å². The number of rotatable bonds is 5. The third kappa shape index (κ3) is 4.46. The standard InChI is InChI=1S/C11H20N2O5S/c1-8(11(15)16)7-12-10(14)9-5-3-4-6-13(9)19(2,17)18/h8-9H,3-7H2,1-2H3,(H,12,14)(H,15,16)/t8-,9+/m0/s1. The number of sulfonamides is 1. The highest BCUT2D eigenvalue weighted by Gasteiger charge is 2.34. The van der Waals surface area contributed by atoms with E-state index in [9.17, 15) is 18.0 Å². The van der Waals surface area contributed by atoms with Gasteiger partial charge in [0.05, 0.1) is 12.2 Å². The quantitative estimate of drug-likeness (QED) is 0.720. The largest absolute Gasteiger partial charge is 0.481 e. The summed E-state index contributed by atoms with van der Waals surface area (Å²) in [7, 11) is -3.42. The monoisotopic (exact) mass is 292 g/mol. The van der Waals surface area contributed by atoms with E-state index in [0.717, 1.165) is 19.1 Å². The molecule has 1 fully saturated rings. The van der Waals surface area contributed by atoms with Gasteiger partial charge in [-0.15, -0.1) is 0 Å². The average Bonchev–Trinajstić information content (AvgIpc) is 2.34. The normalized spacial score (nSPS) is 22.7. The van der Waals surface area contributed by atoms with Gasteiger partial charge in [0.15, 0.2) is 0 Å². The van der Waals surface area contributed by atoms with Gasteiger partial charge in [-0.3, -0.25) is 9.59 Å². The molecule has 0 aromatic heterocycles. The van der Waals surface area contributed by atoms with Gasteiger partial charge in [-0.05, 0) is 12.8 Å². The Bertz CT molecular complexity index is 448. The maximum absolute atomic E-state index is 12.0. The Kier molecular flexibility index (Phi) is 5.30. The van der Waals surface area contributed by atoms with Gasteiger partial charge in [-0.2, -0.15) is 4.31 Å². The van der Waals surface area contributed by atoms with Crippen LogP contribution in [-0.4, -0.2) is 55.1 Å². The average molecular weight is 292 g/mol. The van der Waals surface area contributed by atoms with Gasteiger partial charge in [-0.25, -0.2) is 8.42 Å². The molecule has 0 saturated carbocycles. The first-order valence-electron chi connectivity index (χ1n) is 6.21. The molecule has 1 heterocycles. The highest BCUT2D eigenvalue weighted by atomic mass is 32.2. The summed E-state index contributed by atoms with van der Waals surface area (Å²) in [6, 6.07) is -0.718. The zero-order chi connectivity index (χ0) is 14.6. The number of piperidine rings is 1. The smallest absolute Gasteiger partial charge is 0.308 e. The van der Waals surface area contributed by atoms with Gasteiger partial charge < -0.3 is 10.4 Å². The third-order valence-corrected chi connectivity index (χ3v) is 4.48. The molecule has 0 unspecified atom stereocenters. The lowest BCUT2D eigenvalue weighted by Gasteiger charge is -2.32. The van der Waals surface area contributed by atoms with Crippen LogP contribution in [-0.2, 0) is 19.6 Å². The van der Waals surface area contributed by atoms with Gasteiger partial charge in [0, 0.05) is 13.1 Å². The van der Waals surface area contributed by atoms with Gasteiger partial charge in [0.2, 0.25) is 15.9 Å². The molecule has 0 aromatic carbocycles. The van der Waals surface area contributed by atoms with E-state index in [0.29, 0.717) is 13.0 Å². The van der Waals surface area contributed by atoms with Gasteiger partial charge in [-0.1, -0.05) is 13.3 Å². The number of carbonyl (C=O) groups excluding carboxylic acids is 1. The second-order valence-corrected chi connectivity index (χ2v) is 6.80. The number of hydrogen-bond acceptors (Lipinski definition) is 4. The lowest BCUT2D eigenvalue weighted by molar-refractivity contribution is -0.141. The summed E-state index contributed by atoms with van der Waals surface area (Å²) in [6.45, 7) is 1.82. The summed E-state index contributed by atoms with van der Waals surface area (Å²) < 4.78 is 24.4. The van der Waals surface area contributed by atoms with Crippen LogP contribution in [0.25, 0.3) is 0 Å². The first-order valence-corrected chi connectivity index (χ1v) is 8.05. The topological polar surface area (TPSA) is 104 Å². The molecule has 2 N–H and O–H groups in total. The number of carboxylic acid groups (broad SMARTS) is 1. The molecule has 19 heavy (non-hydrogen) atoms. The lowest BCUT2D eigenvalue weighted by atomic mass is 10.0. The molecule has 1 amide bonds. The van der Waals surface area contributed by atoms with E-state index in [4.69, 9.17) is 5.11 Å². The fourth-order valence-electron chi connectivity index (χ4n) is 2.02. The first-order chi connectivity index (χ1) is 8.73. The Morgan fingerprint density at radius 2 is 2.05 bits per heavy atom. The van der Waals surface area contributed by atoms with Crippen LogP contribution in [0.5, 0.6) is 0 Å². The van der Waals surface area contributed by atoms with Crippen molar-refractivity contribution in [2.24, 2.45) is 5.92 Å². The Hall–Kier alpha value is -1.15. The van der Waals surface area contributed by atoms with Gasteiger partial charge >= 0.3 is 5.97 Å². The minimum atomic E-state index is -3.42. The molecule has 1 aliphatic heterocycles. The van der Waals surface area contributed by atoms with E-state index in [2.05, 4.69) is 5.32 Å². The van der Waals surface area contributed by atoms with Crippen molar-refractivity contribution < 1.29 is 23.1 Å². The highest BCUT2D eigenvalue weighted by molar-refractivity contribution is 7.88. The van der Waals surface area contributed by atoms with Crippen LogP contribution in [0.15, 0.2) is 0 Å². The fourth-order valence-corrected chi connectivity index (χ4v) is 3.15. The van der Waals surface area contributed by atoms with Gasteiger partial charge in [0.25, 0.3) is 0 Å². The number of amides is 1. The Morgan fingerprint density at radius 1 is 1.42 bits per heavy atom. The van der Waals surface area contributed by atoms with E-state index in [1.807, 2.05) is 0 Å². The van der Waals surface area contributed by atoms with Crippen LogP contribution < -0.4 is 5.32 Å². The summed E-state index contributed by atoms with van der Waals surface area (Å²) >= 11 is 0. The number of aliphatic carboxylic acids is 1. The minimum Gasteiger partial charge on any atom is -0.481 e. The summed E-state index contributed by atoms with van der Waals surface area (Å²) in [6.07, 6.45) is 3.08. The molecule has 0 aromatic rings. The molecule has 110 valence electrons. The molecule has 0 aliphatic carbocycles. The van der Waals surface area contributed by atoms with Crippen LogP contribution in [0.3, 0.4) is 0 Å². The second kappa shape index (κ2) is 6.33. The Labute approximate surface area is 113 Å². The summed E-state index contributed by atoms with van der Waals surface area (Å²) in [5.41, 5.74) is 0. The molecule has 1 saturated heterocycles. The molecule has 2 atom stereocenters. The maximum Gasteiger partial charge on any atom is 0.308 e. The number of carbonyl (C=O) groups is 2. The number of hydrogen-bond donors (Lipinski definition) is 2. The van der Waals surface area contributed by atoms with Crippen molar-refractivity contribution in [1.82, 2.24) is 9.62 Å². The van der Waals surface area contributed by atoms with Crippen molar-refractivity contribution in [3.05, 3.63) is 0 Å². The van der Waals surface area contributed by atoms with Crippen molar-refractivity contribution >= 4 is 21.9 Å². The van der Waals surface area contributed by atoms with Gasteiger partial charge in [0.1, 0.15) is 6.04 Å². The highest BCUT2D eigenvalue weighted by Crippen LogP contribution is 2.19. The summed E-state index contributed by atoms with van der Waals surface area (Å²) in [5.74, 6) is -2.11. The van der Waals surface area contributed by atoms with Crippen molar-refractivity contribution in [2.45, 2.75) is 32.2 Å². The molecule has 8 heteroatoms. The molecular formula is C11H20N2O5S. The third-order valence-electron chi connectivity index (χ3n) is 3.19. The van der Waals surface area contributed by atoms with Crippen LogP contribution >= 0.6 is 0 Å². The Morgan fingerprint density at radius 3 is 2.58 bits per heavy atom. The Balaban J connectivity index is 2.65. The molecular weight excluding hydrogens is 272 g/mol. The SMILES string of the molecule is C[C@@H](CNC(=O)[C@H]1CCCCN1S(C)(=O)=O)C(=O)O.